The molecule has 0 spiro atoms. The highest BCUT2D eigenvalue weighted by atomic mass is 32.2. The average molecular weight is 425 g/mol. The lowest BCUT2D eigenvalue weighted by Gasteiger charge is -2.21. The van der Waals surface area contributed by atoms with Crippen LogP contribution in [0.25, 0.3) is 0 Å². The molecule has 2 aromatic carbocycles. The van der Waals surface area contributed by atoms with Crippen LogP contribution in [0.15, 0.2) is 47.5 Å². The molecule has 0 fully saturated rings. The van der Waals surface area contributed by atoms with Crippen LogP contribution >= 0.6 is 0 Å². The predicted molar refractivity (Wildman–Crippen MR) is 120 cm³/mol. The Balaban J connectivity index is 1.60. The monoisotopic (exact) mass is 424 g/mol. The molecule has 30 heavy (non-hydrogen) atoms. The van der Waals surface area contributed by atoms with Crippen LogP contribution in [0.4, 0.5) is 28.8 Å². The van der Waals surface area contributed by atoms with Crippen molar-refractivity contribution in [3.8, 4) is 5.75 Å². The minimum atomic E-state index is -1.70. The van der Waals surface area contributed by atoms with Crippen LogP contribution in [0.2, 0.25) is 0 Å². The maximum absolute atomic E-state index is 12.2. The summed E-state index contributed by atoms with van der Waals surface area (Å²) in [6, 6.07) is 11.6. The highest BCUT2D eigenvalue weighted by Gasteiger charge is 2.21. The van der Waals surface area contributed by atoms with Crippen molar-refractivity contribution in [2.24, 2.45) is 5.14 Å². The molecule has 8 nitrogen and oxygen atoms in total. The quantitative estimate of drug-likeness (QED) is 0.478. The molecule has 1 unspecified atom stereocenters. The number of nitrogens with two attached hydrogens (primary N) is 1. The van der Waals surface area contributed by atoms with Gasteiger partial charge in [0.15, 0.2) is 0 Å². The third-order valence-corrected chi connectivity index (χ3v) is 5.72. The summed E-state index contributed by atoms with van der Waals surface area (Å²) < 4.78 is 18.0. The first kappa shape index (κ1) is 20.1. The summed E-state index contributed by atoms with van der Waals surface area (Å²) in [5, 5.41) is 15.3. The first-order valence-electron chi connectivity index (χ1n) is 9.65. The van der Waals surface area contributed by atoms with Gasteiger partial charge in [-0.1, -0.05) is 12.1 Å². The van der Waals surface area contributed by atoms with Crippen LogP contribution in [0, 0.1) is 6.92 Å². The van der Waals surface area contributed by atoms with E-state index in [2.05, 4.69) is 25.9 Å². The van der Waals surface area contributed by atoms with Crippen molar-refractivity contribution >= 4 is 39.8 Å². The number of benzene rings is 2. The molecule has 9 heteroatoms. The molecule has 0 aliphatic carbocycles. The molecule has 0 saturated carbocycles. The number of rotatable bonds is 6. The first-order chi connectivity index (χ1) is 14.5. The van der Waals surface area contributed by atoms with Crippen molar-refractivity contribution in [1.29, 1.82) is 0 Å². The van der Waals surface area contributed by atoms with E-state index in [-0.39, 0.29) is 0 Å². The van der Waals surface area contributed by atoms with Gasteiger partial charge in [0, 0.05) is 24.6 Å². The van der Waals surface area contributed by atoms with E-state index in [9.17, 15) is 4.21 Å². The average Bonchev–Trinajstić information content (AvgIpc) is 2.75. The molecule has 156 valence electrons. The van der Waals surface area contributed by atoms with E-state index in [1.165, 1.54) is 0 Å². The Morgan fingerprint density at radius 3 is 2.80 bits per heavy atom. The highest BCUT2D eigenvalue weighted by Crippen LogP contribution is 2.37. The van der Waals surface area contributed by atoms with Gasteiger partial charge in [0.05, 0.1) is 12.3 Å². The molecule has 1 aliphatic heterocycles. The molecule has 0 saturated heterocycles. The Labute approximate surface area is 177 Å². The van der Waals surface area contributed by atoms with Gasteiger partial charge in [-0.15, -0.1) is 0 Å². The molecule has 1 aliphatic rings. The molecule has 0 bridgehead atoms. The number of nitrogens with one attached hydrogen (secondary N) is 3. The van der Waals surface area contributed by atoms with Crippen LogP contribution in [0.5, 0.6) is 5.75 Å². The fourth-order valence-electron chi connectivity index (χ4n) is 3.42. The largest absolute Gasteiger partial charge is 0.492 e. The summed E-state index contributed by atoms with van der Waals surface area (Å²) in [5.74, 6) is 1.60. The zero-order chi connectivity index (χ0) is 21.1. The Morgan fingerprint density at radius 1 is 1.13 bits per heavy atom. The molecule has 1 atom stereocenters. The highest BCUT2D eigenvalue weighted by molar-refractivity contribution is 7.83. The molecule has 5 N–H and O–H groups in total. The summed E-state index contributed by atoms with van der Waals surface area (Å²) >= 11 is 0. The fourth-order valence-corrected chi connectivity index (χ4v) is 4.13. The van der Waals surface area contributed by atoms with Gasteiger partial charge in [-0.3, -0.25) is 0 Å². The number of anilines is 5. The smallest absolute Gasteiger partial charge is 0.229 e. The summed E-state index contributed by atoms with van der Waals surface area (Å²) in [6.07, 6.45) is 3.47. The molecule has 0 radical (unpaired) electrons. The third kappa shape index (κ3) is 4.22. The Kier molecular flexibility index (Phi) is 5.82. The van der Waals surface area contributed by atoms with E-state index >= 15 is 0 Å². The van der Waals surface area contributed by atoms with Crippen molar-refractivity contribution < 1.29 is 8.95 Å². The molecular weight excluding hydrogens is 400 g/mol. The SMILES string of the molecule is CNc1cc(Nc2nccc(Nc3ccc4c(c3S(N)=O)OCCC4)n2)ccc1C. The van der Waals surface area contributed by atoms with Gasteiger partial charge in [0.1, 0.15) is 27.4 Å². The standard InChI is InChI=1S/C21H24N6O2S/c1-13-5-7-15(12-17(13)23-2)25-21-24-10-9-18(27-21)26-16-8-6-14-4-3-11-29-19(14)20(16)30(22)28/h5-10,12,23H,3-4,11,22H2,1-2H3,(H2,24,25,26,27). The second kappa shape index (κ2) is 8.68. The maximum atomic E-state index is 12.2. The van der Waals surface area contributed by atoms with Crippen molar-refractivity contribution in [2.75, 3.05) is 29.6 Å². The normalized spacial score (nSPS) is 13.7. The van der Waals surface area contributed by atoms with E-state index < -0.39 is 11.0 Å². The number of ether oxygens (including phenoxy) is 1. The minimum absolute atomic E-state index is 0.440. The topological polar surface area (TPSA) is 114 Å². The number of aryl methyl sites for hydroxylation is 2. The predicted octanol–water partition coefficient (Wildman–Crippen LogP) is 3.62. The molecule has 4 rings (SSSR count). The lowest BCUT2D eigenvalue weighted by atomic mass is 10.1. The lowest BCUT2D eigenvalue weighted by molar-refractivity contribution is 0.281. The molecule has 2 heterocycles. The Morgan fingerprint density at radius 2 is 2.00 bits per heavy atom. The Bertz CT molecular complexity index is 1100. The molecular formula is C21H24N6O2S. The number of hydrogen-bond acceptors (Lipinski definition) is 7. The number of nitrogens with zero attached hydrogens (tertiary/aromatic N) is 2. The molecule has 3 aromatic rings. The number of aromatic nitrogens is 2. The van der Waals surface area contributed by atoms with Gasteiger partial charge < -0.3 is 20.7 Å². The van der Waals surface area contributed by atoms with Gasteiger partial charge in [-0.2, -0.15) is 4.98 Å². The molecule has 1 aromatic heterocycles. The van der Waals surface area contributed by atoms with Crippen molar-refractivity contribution in [2.45, 2.75) is 24.7 Å². The van der Waals surface area contributed by atoms with Crippen molar-refractivity contribution in [1.82, 2.24) is 9.97 Å². The second-order valence-corrected chi connectivity index (χ2v) is 7.98. The van der Waals surface area contributed by atoms with E-state index in [0.29, 0.717) is 34.7 Å². The lowest BCUT2D eigenvalue weighted by Crippen LogP contribution is -2.15. The zero-order valence-electron chi connectivity index (χ0n) is 16.9. The van der Waals surface area contributed by atoms with Crippen LogP contribution in [0.1, 0.15) is 17.5 Å². The van der Waals surface area contributed by atoms with E-state index in [0.717, 1.165) is 35.3 Å². The van der Waals surface area contributed by atoms with Gasteiger partial charge >= 0.3 is 0 Å². The summed E-state index contributed by atoms with van der Waals surface area (Å²) in [6.45, 7) is 2.63. The van der Waals surface area contributed by atoms with Crippen molar-refractivity contribution in [3.05, 3.63) is 53.7 Å². The van der Waals surface area contributed by atoms with Gasteiger partial charge in [0.2, 0.25) is 5.95 Å². The number of fused-ring (bicyclic) bond motifs is 1. The minimum Gasteiger partial charge on any atom is -0.492 e. The summed E-state index contributed by atoms with van der Waals surface area (Å²) in [5.41, 5.74) is 4.67. The maximum Gasteiger partial charge on any atom is 0.229 e. The summed E-state index contributed by atoms with van der Waals surface area (Å²) in [4.78, 5) is 9.27. The van der Waals surface area contributed by atoms with E-state index in [1.54, 1.807) is 12.3 Å². The second-order valence-electron chi connectivity index (χ2n) is 6.98. The molecule has 0 amide bonds. The van der Waals surface area contributed by atoms with Gasteiger partial charge in [-0.05, 0) is 55.2 Å². The van der Waals surface area contributed by atoms with Crippen LogP contribution < -0.4 is 25.8 Å². The zero-order valence-corrected chi connectivity index (χ0v) is 17.7. The Hall–Kier alpha value is -3.17. The van der Waals surface area contributed by atoms with Gasteiger partial charge in [0.25, 0.3) is 0 Å². The fraction of sp³-hybridized carbons (Fsp3) is 0.238. The van der Waals surface area contributed by atoms with E-state index in [4.69, 9.17) is 9.88 Å². The van der Waals surface area contributed by atoms with Crippen LogP contribution in [0.3, 0.4) is 0 Å². The van der Waals surface area contributed by atoms with Crippen molar-refractivity contribution in [3.63, 3.8) is 0 Å². The third-order valence-electron chi connectivity index (χ3n) is 4.91. The van der Waals surface area contributed by atoms with Crippen LogP contribution in [-0.2, 0) is 17.4 Å². The summed E-state index contributed by atoms with van der Waals surface area (Å²) in [7, 11) is 0.183. The van der Waals surface area contributed by atoms with E-state index in [1.807, 2.05) is 44.3 Å². The van der Waals surface area contributed by atoms with Gasteiger partial charge in [-0.25, -0.2) is 14.3 Å². The first-order valence-corrected chi connectivity index (χ1v) is 10.9. The van der Waals surface area contributed by atoms with Crippen LogP contribution in [-0.4, -0.2) is 27.8 Å². The number of hydrogen-bond donors (Lipinski definition) is 4.